The monoisotopic (exact) mass is 901 g/mol. The molecule has 0 fully saturated rings. The Balaban J connectivity index is 4.86. The molecule has 0 aliphatic carbocycles. The summed E-state index contributed by atoms with van der Waals surface area (Å²) in [6.45, 7) is 8.85. The Morgan fingerprint density at radius 3 is 0.643 bits per heavy atom. The van der Waals surface area contributed by atoms with Crippen molar-refractivity contribution in [3.8, 4) is 0 Å². The molecule has 0 N–H and O–H groups in total. The Morgan fingerprint density at radius 1 is 0.268 bits per heavy atom. The minimum absolute atomic E-state index is 0.287. The van der Waals surface area contributed by atoms with E-state index in [9.17, 15) is 14.4 Å². The Hall–Kier alpha value is -0.791. The molecule has 0 radical (unpaired) electrons. The number of hydrogen-bond donors (Lipinski definition) is 0. The molecule has 0 unspecified atom stereocenters. The minimum Gasteiger partial charge on any atom is -0.0654 e. The minimum atomic E-state index is -4.83. The molecule has 56 heavy (non-hydrogen) atoms. The molecule has 7 heteroatoms. The number of carbonyl (C=O) groups excluding carboxylic acids is 3. The van der Waals surface area contributed by atoms with Gasteiger partial charge in [0.1, 0.15) is 0 Å². The fraction of sp³-hybridized carbons (Fsp3) is 0.939. The standard InChI is InChI=1S/3C15H30O2.C4H9.Sn/c3*1-2-3-4-5-6-7-8-9-10-11-12-13-14-15(16)17;1-3-4-2;/h3*2-14H2,1H3,(H,16,17);1,3-4H2,2H3;/q;;;;+3/p-3. The summed E-state index contributed by atoms with van der Waals surface area (Å²) in [5, 5.41) is 0. The van der Waals surface area contributed by atoms with Crippen molar-refractivity contribution in [3.63, 3.8) is 0 Å². The van der Waals surface area contributed by atoms with Crippen LogP contribution in [-0.2, 0) is 23.6 Å². The van der Waals surface area contributed by atoms with Gasteiger partial charge in [-0.05, 0) is 0 Å². The quantitative estimate of drug-likeness (QED) is 0.0447. The maximum absolute atomic E-state index is 13.3. The van der Waals surface area contributed by atoms with Gasteiger partial charge in [0.2, 0.25) is 0 Å². The van der Waals surface area contributed by atoms with Gasteiger partial charge in [-0.1, -0.05) is 78.6 Å². The molecule has 6 nitrogen and oxygen atoms in total. The van der Waals surface area contributed by atoms with Crippen molar-refractivity contribution < 1.29 is 23.6 Å². The van der Waals surface area contributed by atoms with Crippen LogP contribution in [0.2, 0.25) is 4.44 Å². The predicted octanol–water partition coefficient (Wildman–Crippen LogP) is 16.6. The normalized spacial score (nSPS) is 11.6. The molecule has 0 heterocycles. The molecule has 0 atom stereocenters. The van der Waals surface area contributed by atoms with Crippen molar-refractivity contribution in [1.29, 1.82) is 0 Å². The first-order chi connectivity index (χ1) is 27.4. The molecule has 0 aliphatic heterocycles. The van der Waals surface area contributed by atoms with Crippen LogP contribution in [0.15, 0.2) is 0 Å². The third-order valence-corrected chi connectivity index (χ3v) is 18.7. The second kappa shape index (κ2) is 43.8. The molecule has 0 saturated carbocycles. The second-order valence-corrected chi connectivity index (χ2v) is 24.2. The number of hydrogen-bond acceptors (Lipinski definition) is 6. The summed E-state index contributed by atoms with van der Waals surface area (Å²) >= 11 is -4.83. The van der Waals surface area contributed by atoms with Gasteiger partial charge >= 0.3 is 278 Å². The van der Waals surface area contributed by atoms with E-state index >= 15 is 0 Å². The van der Waals surface area contributed by atoms with E-state index in [1.807, 2.05) is 0 Å². The fourth-order valence-corrected chi connectivity index (χ4v) is 14.9. The number of unbranched alkanes of at least 4 members (excludes halogenated alkanes) is 34. The van der Waals surface area contributed by atoms with Crippen LogP contribution in [0.1, 0.15) is 291 Å². The first kappa shape index (κ1) is 55.2. The van der Waals surface area contributed by atoms with Gasteiger partial charge in [0.25, 0.3) is 0 Å². The molecular weight excluding hydrogens is 803 g/mol. The van der Waals surface area contributed by atoms with Crippen LogP contribution < -0.4 is 0 Å². The molecule has 0 aromatic heterocycles. The van der Waals surface area contributed by atoms with Gasteiger partial charge in [0.05, 0.1) is 0 Å². The van der Waals surface area contributed by atoms with Gasteiger partial charge in [-0.2, -0.15) is 0 Å². The van der Waals surface area contributed by atoms with Crippen molar-refractivity contribution in [1.82, 2.24) is 0 Å². The summed E-state index contributed by atoms with van der Waals surface area (Å²) in [5.74, 6) is -1.08. The Labute approximate surface area is 354 Å². The number of carbonyl (C=O) groups is 3. The summed E-state index contributed by atoms with van der Waals surface area (Å²) in [7, 11) is 0. The fourth-order valence-electron chi connectivity index (χ4n) is 7.61. The van der Waals surface area contributed by atoms with Crippen molar-refractivity contribution in [2.45, 2.75) is 295 Å². The van der Waals surface area contributed by atoms with Crippen LogP contribution in [0.4, 0.5) is 0 Å². The van der Waals surface area contributed by atoms with Gasteiger partial charge in [0.15, 0.2) is 0 Å². The van der Waals surface area contributed by atoms with Crippen LogP contribution in [0, 0.1) is 0 Å². The Kier molecular flexibility index (Phi) is 43.2. The smallest absolute Gasteiger partial charge is 0.0654 e. The molecule has 0 amide bonds. The molecule has 0 aromatic carbocycles. The Bertz CT molecular complexity index is 761. The van der Waals surface area contributed by atoms with Gasteiger partial charge < -0.3 is 0 Å². The van der Waals surface area contributed by atoms with Gasteiger partial charge in [-0.25, -0.2) is 0 Å². The molecule has 0 saturated heterocycles. The van der Waals surface area contributed by atoms with Crippen LogP contribution in [-0.4, -0.2) is 37.5 Å². The van der Waals surface area contributed by atoms with Crippen LogP contribution in [0.25, 0.3) is 0 Å². The van der Waals surface area contributed by atoms with Crippen molar-refractivity contribution in [2.75, 3.05) is 0 Å². The van der Waals surface area contributed by atoms with E-state index in [1.54, 1.807) is 0 Å². The zero-order chi connectivity index (χ0) is 41.1. The van der Waals surface area contributed by atoms with E-state index in [4.69, 9.17) is 9.22 Å². The predicted molar refractivity (Wildman–Crippen MR) is 241 cm³/mol. The third-order valence-electron chi connectivity index (χ3n) is 11.3. The van der Waals surface area contributed by atoms with E-state index in [0.717, 1.165) is 64.2 Å². The zero-order valence-electron chi connectivity index (χ0n) is 38.1. The zero-order valence-corrected chi connectivity index (χ0v) is 41.0. The molecule has 0 spiro atoms. The Morgan fingerprint density at radius 2 is 0.446 bits per heavy atom. The van der Waals surface area contributed by atoms with Crippen LogP contribution >= 0.6 is 0 Å². The van der Waals surface area contributed by atoms with Crippen molar-refractivity contribution >= 4 is 37.5 Å². The summed E-state index contributed by atoms with van der Waals surface area (Å²) < 4.78 is 18.7. The summed E-state index contributed by atoms with van der Waals surface area (Å²) in [5.41, 5.74) is 0. The average molecular weight is 900 g/mol. The van der Waals surface area contributed by atoms with E-state index in [-0.39, 0.29) is 37.2 Å². The SMILES string of the molecule is CCCCCCCCCCCCCCC(=O)[O][Sn]([CH2]CCC)([O]C(=O)CCCCCCCCCCCCCC)[O]C(=O)CCCCCCCCCCCCCC. The van der Waals surface area contributed by atoms with E-state index < -0.39 is 19.6 Å². The average Bonchev–Trinajstić information content (AvgIpc) is 3.18. The van der Waals surface area contributed by atoms with E-state index in [1.165, 1.54) is 173 Å². The van der Waals surface area contributed by atoms with Crippen molar-refractivity contribution in [3.05, 3.63) is 0 Å². The first-order valence-corrected chi connectivity index (χ1v) is 30.6. The maximum atomic E-state index is 13.3. The molecule has 0 aromatic rings. The van der Waals surface area contributed by atoms with Crippen LogP contribution in [0.3, 0.4) is 0 Å². The van der Waals surface area contributed by atoms with Gasteiger partial charge in [-0.3, -0.25) is 0 Å². The number of rotatable bonds is 45. The topological polar surface area (TPSA) is 78.9 Å². The van der Waals surface area contributed by atoms with E-state index in [2.05, 4.69) is 27.7 Å². The van der Waals surface area contributed by atoms with E-state index in [0.29, 0.717) is 10.9 Å². The molecule has 0 bridgehead atoms. The summed E-state index contributed by atoms with van der Waals surface area (Å²) in [4.78, 5) is 39.8. The molecule has 0 aliphatic rings. The molecular formula is C49H96O6Sn. The second-order valence-electron chi connectivity index (χ2n) is 17.1. The van der Waals surface area contributed by atoms with Crippen molar-refractivity contribution in [2.24, 2.45) is 0 Å². The summed E-state index contributed by atoms with van der Waals surface area (Å²) in [6, 6.07) is 0. The third kappa shape index (κ3) is 38.7. The molecule has 332 valence electrons. The summed E-state index contributed by atoms with van der Waals surface area (Å²) in [6.07, 6.45) is 46.5. The van der Waals surface area contributed by atoms with Crippen LogP contribution in [0.5, 0.6) is 0 Å². The van der Waals surface area contributed by atoms with Gasteiger partial charge in [0, 0.05) is 0 Å². The first-order valence-electron chi connectivity index (χ1n) is 25.1. The molecule has 0 rings (SSSR count). The van der Waals surface area contributed by atoms with Gasteiger partial charge in [-0.15, -0.1) is 0 Å².